The zero-order chi connectivity index (χ0) is 6.29. The Hall–Kier alpha value is 0. The maximum Gasteiger partial charge on any atom is -0.0323 e. The van der Waals surface area contributed by atoms with E-state index < -0.39 is 0 Å². The summed E-state index contributed by atoms with van der Waals surface area (Å²) in [7, 11) is 0. The van der Waals surface area contributed by atoms with Gasteiger partial charge in [-0.1, -0.05) is 0 Å². The fourth-order valence-corrected chi connectivity index (χ4v) is 5.23. The Bertz CT molecular complexity index is 172. The average molecular weight is 134 g/mol. The molecular weight excluding hydrogens is 120 g/mol. The van der Waals surface area contributed by atoms with Crippen molar-refractivity contribution in [2.45, 2.75) is 25.7 Å². The van der Waals surface area contributed by atoms with Crippen molar-refractivity contribution < 1.29 is 0 Å². The van der Waals surface area contributed by atoms with Crippen LogP contribution in [0.1, 0.15) is 25.7 Å². The van der Waals surface area contributed by atoms with Crippen molar-refractivity contribution in [2.75, 3.05) is 0 Å². The molecule has 4 unspecified atom stereocenters. The minimum Gasteiger partial charge on any atom is -0.0496 e. The second-order valence-corrected chi connectivity index (χ2v) is 5.04. The lowest BCUT2D eigenvalue weighted by Gasteiger charge is -2.23. The van der Waals surface area contributed by atoms with Crippen LogP contribution in [-0.4, -0.2) is 0 Å². The highest BCUT2D eigenvalue weighted by Crippen LogP contribution is 2.74. The molecule has 0 saturated heterocycles. The zero-order valence-electron chi connectivity index (χ0n) is 6.29. The van der Waals surface area contributed by atoms with E-state index >= 15 is 0 Å². The minimum absolute atomic E-state index is 1.23. The molecule has 0 radical (unpaired) electrons. The van der Waals surface area contributed by atoms with Gasteiger partial charge in [-0.15, -0.1) is 0 Å². The molecule has 5 aliphatic rings. The van der Waals surface area contributed by atoms with E-state index in [0.29, 0.717) is 0 Å². The van der Waals surface area contributed by atoms with Gasteiger partial charge in [-0.25, -0.2) is 0 Å². The van der Waals surface area contributed by atoms with Crippen LogP contribution in [0, 0.1) is 35.5 Å². The van der Waals surface area contributed by atoms with Crippen LogP contribution in [0.15, 0.2) is 0 Å². The molecule has 0 aromatic heterocycles. The molecule has 0 heterocycles. The molecule has 54 valence electrons. The summed E-state index contributed by atoms with van der Waals surface area (Å²) in [5.41, 5.74) is 0. The van der Waals surface area contributed by atoms with Crippen LogP contribution in [0.2, 0.25) is 0 Å². The predicted octanol–water partition coefficient (Wildman–Crippen LogP) is 2.30. The molecule has 5 aliphatic carbocycles. The monoisotopic (exact) mass is 134 g/mol. The van der Waals surface area contributed by atoms with E-state index in [1.807, 2.05) is 0 Å². The van der Waals surface area contributed by atoms with Crippen molar-refractivity contribution in [3.8, 4) is 0 Å². The zero-order valence-corrected chi connectivity index (χ0v) is 6.29. The lowest BCUT2D eigenvalue weighted by Crippen LogP contribution is -2.15. The largest absolute Gasteiger partial charge is 0.0496 e. The quantitative estimate of drug-likeness (QED) is 0.477. The molecule has 5 saturated carbocycles. The Morgan fingerprint density at radius 2 is 1.30 bits per heavy atom. The van der Waals surface area contributed by atoms with Crippen LogP contribution in [0.3, 0.4) is 0 Å². The summed E-state index contributed by atoms with van der Waals surface area (Å²) in [6.45, 7) is 0. The first kappa shape index (κ1) is 4.79. The molecule has 0 aromatic rings. The van der Waals surface area contributed by atoms with Gasteiger partial charge in [0, 0.05) is 0 Å². The van der Waals surface area contributed by atoms with Crippen LogP contribution in [-0.2, 0) is 0 Å². The topological polar surface area (TPSA) is 0 Å². The van der Waals surface area contributed by atoms with E-state index in [4.69, 9.17) is 0 Å². The van der Waals surface area contributed by atoms with Gasteiger partial charge in [-0.3, -0.25) is 0 Å². The van der Waals surface area contributed by atoms with Gasteiger partial charge >= 0.3 is 0 Å². The van der Waals surface area contributed by atoms with Crippen molar-refractivity contribution in [3.63, 3.8) is 0 Å². The van der Waals surface area contributed by atoms with Crippen molar-refractivity contribution in [3.05, 3.63) is 0 Å². The molecular formula is C10H14. The molecule has 5 fully saturated rings. The van der Waals surface area contributed by atoms with Crippen LogP contribution in [0.25, 0.3) is 0 Å². The SMILES string of the molecule is C1C2CC3C1C1CCC3C21. The first-order chi connectivity index (χ1) is 4.95. The molecule has 0 spiro atoms. The van der Waals surface area contributed by atoms with Gasteiger partial charge < -0.3 is 0 Å². The second kappa shape index (κ2) is 1.19. The highest BCUT2D eigenvalue weighted by molar-refractivity contribution is 5.15. The summed E-state index contributed by atoms with van der Waals surface area (Å²) in [4.78, 5) is 0. The number of rotatable bonds is 0. The van der Waals surface area contributed by atoms with Crippen molar-refractivity contribution in [1.29, 1.82) is 0 Å². The Morgan fingerprint density at radius 1 is 0.700 bits per heavy atom. The van der Waals surface area contributed by atoms with Gasteiger partial charge in [-0.2, -0.15) is 0 Å². The first-order valence-electron chi connectivity index (χ1n) is 4.95. The molecule has 0 amide bonds. The maximum atomic E-state index is 1.65. The standard InChI is InChI=1S/C10H14/c1-2-7-9-4-5-3-8(9)6(1)10(5)7/h5-10H,1-4H2. The fraction of sp³-hybridized carbons (Fsp3) is 1.00. The molecule has 0 heteroatoms. The van der Waals surface area contributed by atoms with Crippen LogP contribution >= 0.6 is 0 Å². The fourth-order valence-electron chi connectivity index (χ4n) is 5.23. The molecule has 0 aromatic carbocycles. The number of hydrogen-bond donors (Lipinski definition) is 0. The van der Waals surface area contributed by atoms with E-state index in [1.165, 1.54) is 35.5 Å². The average Bonchev–Trinajstić information content (AvgIpc) is 2.64. The van der Waals surface area contributed by atoms with E-state index in [0.717, 1.165) is 0 Å². The summed E-state index contributed by atoms with van der Waals surface area (Å²) in [5, 5.41) is 0. The Kier molecular flexibility index (Phi) is 0.570. The summed E-state index contributed by atoms with van der Waals surface area (Å²) in [6, 6.07) is 0. The summed E-state index contributed by atoms with van der Waals surface area (Å²) < 4.78 is 0. The Labute approximate surface area is 62.0 Å². The lowest BCUT2D eigenvalue weighted by atomic mass is 9.82. The van der Waals surface area contributed by atoms with Crippen LogP contribution < -0.4 is 0 Å². The second-order valence-electron chi connectivity index (χ2n) is 5.04. The lowest BCUT2D eigenvalue weighted by molar-refractivity contribution is 0.259. The van der Waals surface area contributed by atoms with Crippen molar-refractivity contribution in [2.24, 2.45) is 35.5 Å². The van der Waals surface area contributed by atoms with E-state index in [2.05, 4.69) is 0 Å². The van der Waals surface area contributed by atoms with Gasteiger partial charge in [0.05, 0.1) is 0 Å². The summed E-state index contributed by atoms with van der Waals surface area (Å²) >= 11 is 0. The summed E-state index contributed by atoms with van der Waals surface area (Å²) in [5.74, 6) is 7.47. The third kappa shape index (κ3) is 0.286. The van der Waals surface area contributed by atoms with Crippen molar-refractivity contribution >= 4 is 0 Å². The van der Waals surface area contributed by atoms with E-state index in [9.17, 15) is 0 Å². The van der Waals surface area contributed by atoms with E-state index in [-0.39, 0.29) is 0 Å². The predicted molar refractivity (Wildman–Crippen MR) is 39.4 cm³/mol. The van der Waals surface area contributed by atoms with E-state index in [1.54, 1.807) is 25.7 Å². The number of hydrogen-bond acceptors (Lipinski definition) is 0. The highest BCUT2D eigenvalue weighted by atomic mass is 14.7. The minimum atomic E-state index is 1.23. The smallest absolute Gasteiger partial charge is 0.0323 e. The van der Waals surface area contributed by atoms with Gasteiger partial charge in [-0.05, 0) is 61.2 Å². The molecule has 6 bridgehead atoms. The van der Waals surface area contributed by atoms with Gasteiger partial charge in [0.1, 0.15) is 0 Å². The molecule has 10 heavy (non-hydrogen) atoms. The normalized spacial score (nSPS) is 74.4. The Balaban J connectivity index is 1.97. The molecule has 0 aliphatic heterocycles. The Morgan fingerprint density at radius 3 is 1.70 bits per heavy atom. The molecule has 4 atom stereocenters. The third-order valence-electron chi connectivity index (χ3n) is 5.17. The summed E-state index contributed by atoms with van der Waals surface area (Å²) in [6.07, 6.45) is 6.53. The van der Waals surface area contributed by atoms with Crippen LogP contribution in [0.4, 0.5) is 0 Å². The van der Waals surface area contributed by atoms with Gasteiger partial charge in [0.25, 0.3) is 0 Å². The van der Waals surface area contributed by atoms with Crippen molar-refractivity contribution in [1.82, 2.24) is 0 Å². The first-order valence-corrected chi connectivity index (χ1v) is 4.95. The van der Waals surface area contributed by atoms with Gasteiger partial charge in [0.15, 0.2) is 0 Å². The molecule has 5 rings (SSSR count). The van der Waals surface area contributed by atoms with Gasteiger partial charge in [0.2, 0.25) is 0 Å². The van der Waals surface area contributed by atoms with Crippen LogP contribution in [0.5, 0.6) is 0 Å². The maximum absolute atomic E-state index is 1.65. The molecule has 0 N–H and O–H groups in total. The molecule has 0 nitrogen and oxygen atoms in total. The highest BCUT2D eigenvalue weighted by Gasteiger charge is 2.67. The third-order valence-corrected chi connectivity index (χ3v) is 5.17.